The maximum atomic E-state index is 10.5. The summed E-state index contributed by atoms with van der Waals surface area (Å²) in [6, 6.07) is 0. The summed E-state index contributed by atoms with van der Waals surface area (Å²) in [6.45, 7) is 1.54. The third-order valence-electron chi connectivity index (χ3n) is 0.984. The van der Waals surface area contributed by atoms with E-state index in [9.17, 15) is 4.79 Å². The Morgan fingerprint density at radius 1 is 1.38 bits per heavy atom. The Balaban J connectivity index is 3.52. The van der Waals surface area contributed by atoms with Crippen LogP contribution in [0.1, 0.15) is 6.92 Å². The Morgan fingerprint density at radius 3 is 1.75 bits per heavy atom. The number of Topliss-reactive ketones (excluding diaryl/α,β-unsaturated/α-hetero) is 1. The van der Waals surface area contributed by atoms with E-state index in [1.165, 1.54) is 6.92 Å². The van der Waals surface area contributed by atoms with Crippen molar-refractivity contribution < 1.29 is 4.79 Å². The van der Waals surface area contributed by atoms with E-state index in [-0.39, 0.29) is 11.9 Å². The predicted molar refractivity (Wildman–Crippen MR) is 32.6 cm³/mol. The molecule has 0 fully saturated rings. The van der Waals surface area contributed by atoms with Crippen molar-refractivity contribution in [2.75, 3.05) is 14.1 Å². The quantitative estimate of drug-likeness (QED) is 0.481. The first-order valence-corrected chi connectivity index (χ1v) is 2.57. The van der Waals surface area contributed by atoms with E-state index < -0.39 is 0 Å². The minimum Gasteiger partial charge on any atom is -0.299 e. The summed E-state index contributed by atoms with van der Waals surface area (Å²) in [5.41, 5.74) is 0. The Hall–Kier alpha value is -0.410. The third kappa shape index (κ3) is 2.04. The van der Waals surface area contributed by atoms with Crippen molar-refractivity contribution in [3.05, 3.63) is 0 Å². The first-order valence-electron chi connectivity index (χ1n) is 2.57. The molecule has 0 aromatic rings. The van der Waals surface area contributed by atoms with Gasteiger partial charge >= 0.3 is 0 Å². The number of likely N-dealkylation sites (N-methyl/N-ethyl adjacent to an activating group) is 2. The molecule has 0 aromatic heterocycles. The van der Waals surface area contributed by atoms with Gasteiger partial charge in [-0.15, -0.1) is 0 Å². The lowest BCUT2D eigenvalue weighted by Crippen LogP contribution is -2.43. The van der Waals surface area contributed by atoms with Crippen molar-refractivity contribution >= 4 is 5.78 Å². The van der Waals surface area contributed by atoms with Crippen molar-refractivity contribution in [1.29, 1.82) is 0 Å². The molecule has 0 spiro atoms. The number of carbonyl (C=O) groups is 1. The zero-order valence-electron chi connectivity index (χ0n) is 5.49. The van der Waals surface area contributed by atoms with Crippen LogP contribution in [0.25, 0.3) is 0 Å². The number of hydrogen-bond acceptors (Lipinski definition) is 3. The Bertz CT molecular complexity index is 78.5. The highest BCUT2D eigenvalue weighted by atomic mass is 16.1. The number of nitrogens with one attached hydrogen (secondary N) is 2. The summed E-state index contributed by atoms with van der Waals surface area (Å²) in [4.78, 5) is 10.5. The van der Waals surface area contributed by atoms with Crippen LogP contribution in [0.3, 0.4) is 0 Å². The molecule has 2 N–H and O–H groups in total. The molecule has 0 heterocycles. The van der Waals surface area contributed by atoms with Crippen LogP contribution in [0.4, 0.5) is 0 Å². The highest BCUT2D eigenvalue weighted by Crippen LogP contribution is 1.73. The Kier molecular flexibility index (Phi) is 3.39. The van der Waals surface area contributed by atoms with Crippen LogP contribution in [0, 0.1) is 0 Å². The molecule has 0 saturated heterocycles. The van der Waals surface area contributed by atoms with E-state index in [0.717, 1.165) is 0 Å². The summed E-state index contributed by atoms with van der Waals surface area (Å²) in [5, 5.41) is 5.58. The van der Waals surface area contributed by atoms with Crippen molar-refractivity contribution in [2.24, 2.45) is 0 Å². The molecule has 0 bridgehead atoms. The summed E-state index contributed by atoms with van der Waals surface area (Å²) < 4.78 is 0. The molecule has 0 atom stereocenters. The Morgan fingerprint density at radius 2 is 1.75 bits per heavy atom. The fraction of sp³-hybridized carbons (Fsp3) is 0.800. The fourth-order valence-electron chi connectivity index (χ4n) is 0.551. The molecule has 0 saturated carbocycles. The second kappa shape index (κ2) is 3.57. The molecule has 0 unspecified atom stereocenters. The third-order valence-corrected chi connectivity index (χ3v) is 0.984. The van der Waals surface area contributed by atoms with E-state index in [2.05, 4.69) is 10.6 Å². The molecule has 0 radical (unpaired) electrons. The lowest BCUT2D eigenvalue weighted by Gasteiger charge is -2.09. The molecule has 48 valence electrons. The highest BCUT2D eigenvalue weighted by molar-refractivity contribution is 5.80. The molecule has 3 heteroatoms. The van der Waals surface area contributed by atoms with E-state index in [0.29, 0.717) is 0 Å². The molecular formula is C5H12N2O. The van der Waals surface area contributed by atoms with E-state index >= 15 is 0 Å². The van der Waals surface area contributed by atoms with Crippen LogP contribution in [-0.4, -0.2) is 26.0 Å². The second-order valence-corrected chi connectivity index (χ2v) is 1.62. The second-order valence-electron chi connectivity index (χ2n) is 1.62. The number of hydrogen-bond donors (Lipinski definition) is 2. The van der Waals surface area contributed by atoms with Gasteiger partial charge in [-0.2, -0.15) is 0 Å². The molecule has 0 aliphatic heterocycles. The fourth-order valence-corrected chi connectivity index (χ4v) is 0.551. The predicted octanol–water partition coefficient (Wildman–Crippen LogP) is -0.660. The lowest BCUT2D eigenvalue weighted by atomic mass is 10.3. The first-order chi connectivity index (χ1) is 3.72. The normalized spacial score (nSPS) is 10.0. The maximum Gasteiger partial charge on any atom is 0.161 e. The SMILES string of the molecule is CNC(NC)C(C)=O. The van der Waals surface area contributed by atoms with Gasteiger partial charge in [-0.05, 0) is 21.0 Å². The smallest absolute Gasteiger partial charge is 0.161 e. The van der Waals surface area contributed by atoms with Crippen molar-refractivity contribution in [2.45, 2.75) is 13.1 Å². The summed E-state index contributed by atoms with van der Waals surface area (Å²) in [7, 11) is 3.48. The zero-order valence-corrected chi connectivity index (χ0v) is 5.49. The summed E-state index contributed by atoms with van der Waals surface area (Å²) in [5.74, 6) is 0.106. The summed E-state index contributed by atoms with van der Waals surface area (Å²) in [6.07, 6.45) is -0.185. The number of ketones is 1. The van der Waals surface area contributed by atoms with Crippen LogP contribution < -0.4 is 10.6 Å². The average molecular weight is 116 g/mol. The van der Waals surface area contributed by atoms with E-state index in [1.54, 1.807) is 14.1 Å². The van der Waals surface area contributed by atoms with Gasteiger partial charge in [-0.25, -0.2) is 0 Å². The van der Waals surface area contributed by atoms with Gasteiger partial charge in [-0.3, -0.25) is 15.4 Å². The van der Waals surface area contributed by atoms with Gasteiger partial charge in [0.25, 0.3) is 0 Å². The largest absolute Gasteiger partial charge is 0.299 e. The van der Waals surface area contributed by atoms with Crippen molar-refractivity contribution in [3.8, 4) is 0 Å². The standard InChI is InChI=1S/C5H12N2O/c1-4(8)5(6-2)7-3/h5-7H,1-3H3. The van der Waals surface area contributed by atoms with E-state index in [1.807, 2.05) is 0 Å². The van der Waals surface area contributed by atoms with Crippen molar-refractivity contribution in [1.82, 2.24) is 10.6 Å². The van der Waals surface area contributed by atoms with Gasteiger partial charge < -0.3 is 0 Å². The van der Waals surface area contributed by atoms with Gasteiger partial charge in [0.1, 0.15) is 6.17 Å². The summed E-state index contributed by atoms with van der Waals surface area (Å²) >= 11 is 0. The zero-order chi connectivity index (χ0) is 6.57. The highest BCUT2D eigenvalue weighted by Gasteiger charge is 2.05. The van der Waals surface area contributed by atoms with Crippen LogP contribution in [-0.2, 0) is 4.79 Å². The van der Waals surface area contributed by atoms with Gasteiger partial charge in [0.15, 0.2) is 5.78 Å². The van der Waals surface area contributed by atoms with E-state index in [4.69, 9.17) is 0 Å². The van der Waals surface area contributed by atoms with Gasteiger partial charge in [0.05, 0.1) is 0 Å². The van der Waals surface area contributed by atoms with Crippen LogP contribution in [0.5, 0.6) is 0 Å². The number of rotatable bonds is 3. The topological polar surface area (TPSA) is 41.1 Å². The molecule has 3 nitrogen and oxygen atoms in total. The van der Waals surface area contributed by atoms with Gasteiger partial charge in [-0.1, -0.05) is 0 Å². The van der Waals surface area contributed by atoms with Gasteiger partial charge in [0.2, 0.25) is 0 Å². The monoisotopic (exact) mass is 116 g/mol. The molecular weight excluding hydrogens is 104 g/mol. The molecule has 0 rings (SSSR count). The van der Waals surface area contributed by atoms with Crippen molar-refractivity contribution in [3.63, 3.8) is 0 Å². The molecule has 8 heavy (non-hydrogen) atoms. The molecule has 0 aliphatic carbocycles. The first kappa shape index (κ1) is 7.59. The van der Waals surface area contributed by atoms with Crippen LogP contribution in [0.15, 0.2) is 0 Å². The van der Waals surface area contributed by atoms with Crippen LogP contribution in [0.2, 0.25) is 0 Å². The lowest BCUT2D eigenvalue weighted by molar-refractivity contribution is -0.119. The minimum absolute atomic E-state index is 0.106. The molecule has 0 amide bonds. The molecule has 0 aliphatic rings. The Labute approximate surface area is 49.5 Å². The van der Waals surface area contributed by atoms with Gasteiger partial charge in [0, 0.05) is 0 Å². The minimum atomic E-state index is -0.185. The average Bonchev–Trinajstić information content (AvgIpc) is 1.69. The number of carbonyl (C=O) groups excluding carboxylic acids is 1. The van der Waals surface area contributed by atoms with Crippen LogP contribution >= 0.6 is 0 Å². The maximum absolute atomic E-state index is 10.5. The molecule has 0 aromatic carbocycles.